The van der Waals surface area contributed by atoms with E-state index in [1.165, 1.54) is 5.56 Å². The molecule has 0 aliphatic heterocycles. The van der Waals surface area contributed by atoms with E-state index < -0.39 is 0 Å². The zero-order chi connectivity index (χ0) is 13.8. The number of aromatic nitrogens is 4. The molecule has 1 aromatic carbocycles. The van der Waals surface area contributed by atoms with Crippen molar-refractivity contribution in [1.82, 2.24) is 20.0 Å². The highest BCUT2D eigenvalue weighted by atomic mass is 79.9. The molecular formula is C14H11BrN4S. The summed E-state index contributed by atoms with van der Waals surface area (Å²) in [5, 5.41) is 13.4. The van der Waals surface area contributed by atoms with Gasteiger partial charge >= 0.3 is 0 Å². The van der Waals surface area contributed by atoms with Gasteiger partial charge in [0.25, 0.3) is 0 Å². The van der Waals surface area contributed by atoms with Gasteiger partial charge in [-0.25, -0.2) is 4.68 Å². The Morgan fingerprint density at radius 2 is 1.90 bits per heavy atom. The Bertz CT molecular complexity index is 665. The Labute approximate surface area is 129 Å². The van der Waals surface area contributed by atoms with E-state index in [-0.39, 0.29) is 0 Å². The fourth-order valence-electron chi connectivity index (χ4n) is 1.65. The largest absolute Gasteiger partial charge is 0.221 e. The zero-order valence-electron chi connectivity index (χ0n) is 10.5. The number of thioether (sulfide) groups is 1. The van der Waals surface area contributed by atoms with E-state index in [0.29, 0.717) is 0 Å². The van der Waals surface area contributed by atoms with Crippen molar-refractivity contribution in [1.29, 1.82) is 0 Å². The van der Waals surface area contributed by atoms with Crippen LogP contribution in [0, 0.1) is 0 Å². The van der Waals surface area contributed by atoms with Gasteiger partial charge in [0.2, 0.25) is 0 Å². The second-order valence-electron chi connectivity index (χ2n) is 4.10. The number of nitrogens with zero attached hydrogens (tertiary/aromatic N) is 4. The van der Waals surface area contributed by atoms with Crippen LogP contribution < -0.4 is 0 Å². The minimum Gasteiger partial charge on any atom is -0.221 e. The smallest absolute Gasteiger partial charge is 0.175 e. The molecule has 0 aliphatic carbocycles. The predicted molar refractivity (Wildman–Crippen MR) is 82.9 cm³/mol. The van der Waals surface area contributed by atoms with Crippen molar-refractivity contribution in [2.75, 3.05) is 0 Å². The van der Waals surface area contributed by atoms with E-state index in [9.17, 15) is 0 Å². The van der Waals surface area contributed by atoms with Gasteiger partial charge < -0.3 is 0 Å². The van der Waals surface area contributed by atoms with Gasteiger partial charge in [0.05, 0.1) is 0 Å². The maximum atomic E-state index is 4.21. The minimum absolute atomic E-state index is 0.725. The summed E-state index contributed by atoms with van der Waals surface area (Å²) in [7, 11) is 0. The Morgan fingerprint density at radius 3 is 2.55 bits per heavy atom. The normalized spacial score (nSPS) is 10.7. The standard InChI is InChI=1S/C14H11BrN4S/c15-12-4-2-11(3-5-12)10-20-14-7-6-13(17-18-14)19-9-1-8-16-19/h1-9H,10H2. The second-order valence-corrected chi connectivity index (χ2v) is 6.01. The molecule has 20 heavy (non-hydrogen) atoms. The molecule has 6 heteroatoms. The third kappa shape index (κ3) is 3.26. The lowest BCUT2D eigenvalue weighted by Gasteiger charge is -2.03. The van der Waals surface area contributed by atoms with E-state index in [1.54, 1.807) is 22.6 Å². The fraction of sp³-hybridized carbons (Fsp3) is 0.0714. The van der Waals surface area contributed by atoms with Crippen molar-refractivity contribution < 1.29 is 0 Å². The molecule has 0 fully saturated rings. The number of benzene rings is 1. The Balaban J connectivity index is 1.65. The molecule has 0 amide bonds. The summed E-state index contributed by atoms with van der Waals surface area (Å²) >= 11 is 5.10. The van der Waals surface area contributed by atoms with E-state index >= 15 is 0 Å². The van der Waals surface area contributed by atoms with Gasteiger partial charge in [-0.3, -0.25) is 0 Å². The van der Waals surface area contributed by atoms with Crippen molar-refractivity contribution in [3.8, 4) is 5.82 Å². The highest BCUT2D eigenvalue weighted by Crippen LogP contribution is 2.21. The van der Waals surface area contributed by atoms with Gasteiger partial charge in [-0.1, -0.05) is 39.8 Å². The molecule has 0 saturated carbocycles. The van der Waals surface area contributed by atoms with Crippen LogP contribution in [0.5, 0.6) is 0 Å². The summed E-state index contributed by atoms with van der Waals surface area (Å²) in [6, 6.07) is 14.0. The first-order valence-corrected chi connectivity index (χ1v) is 7.80. The van der Waals surface area contributed by atoms with Crippen molar-refractivity contribution >= 4 is 27.7 Å². The first kappa shape index (κ1) is 13.3. The number of hydrogen-bond donors (Lipinski definition) is 0. The van der Waals surface area contributed by atoms with Gasteiger partial charge in [-0.2, -0.15) is 5.10 Å². The SMILES string of the molecule is Brc1ccc(CSc2ccc(-n3cccn3)nn2)cc1. The molecule has 2 aromatic heterocycles. The summed E-state index contributed by atoms with van der Waals surface area (Å²) in [6.07, 6.45) is 3.57. The Kier molecular flexibility index (Phi) is 4.13. The van der Waals surface area contributed by atoms with Gasteiger partial charge in [-0.05, 0) is 35.9 Å². The lowest BCUT2D eigenvalue weighted by molar-refractivity contribution is 0.792. The quantitative estimate of drug-likeness (QED) is 0.675. The van der Waals surface area contributed by atoms with E-state index in [1.807, 2.05) is 36.5 Å². The van der Waals surface area contributed by atoms with Crippen molar-refractivity contribution in [3.05, 3.63) is 64.9 Å². The first-order valence-electron chi connectivity index (χ1n) is 6.02. The second kappa shape index (κ2) is 6.19. The minimum atomic E-state index is 0.725. The van der Waals surface area contributed by atoms with Crippen molar-refractivity contribution in [2.45, 2.75) is 10.8 Å². The maximum Gasteiger partial charge on any atom is 0.175 e. The third-order valence-electron chi connectivity index (χ3n) is 2.67. The van der Waals surface area contributed by atoms with Crippen molar-refractivity contribution in [3.63, 3.8) is 0 Å². The van der Waals surface area contributed by atoms with Gasteiger partial charge in [0, 0.05) is 22.6 Å². The molecule has 0 atom stereocenters. The van der Waals surface area contributed by atoms with Crippen LogP contribution in [0.4, 0.5) is 0 Å². The summed E-state index contributed by atoms with van der Waals surface area (Å²) < 4.78 is 2.78. The molecule has 0 unspecified atom stereocenters. The molecule has 0 spiro atoms. The highest BCUT2D eigenvalue weighted by molar-refractivity contribution is 9.10. The van der Waals surface area contributed by atoms with Crippen LogP contribution in [0.2, 0.25) is 0 Å². The lowest BCUT2D eigenvalue weighted by Crippen LogP contribution is -1.99. The van der Waals surface area contributed by atoms with Gasteiger partial charge in [-0.15, -0.1) is 10.2 Å². The van der Waals surface area contributed by atoms with Crippen LogP contribution in [0.15, 0.2) is 64.4 Å². The molecular weight excluding hydrogens is 336 g/mol. The van der Waals surface area contributed by atoms with Gasteiger partial charge in [0.15, 0.2) is 5.82 Å². The summed E-state index contributed by atoms with van der Waals surface area (Å²) in [4.78, 5) is 0. The van der Waals surface area contributed by atoms with E-state index in [2.05, 4.69) is 43.4 Å². The van der Waals surface area contributed by atoms with Crippen LogP contribution in [-0.4, -0.2) is 20.0 Å². The summed E-state index contributed by atoms with van der Waals surface area (Å²) in [5.41, 5.74) is 1.26. The zero-order valence-corrected chi connectivity index (χ0v) is 12.9. The summed E-state index contributed by atoms with van der Waals surface area (Å²) in [5.74, 6) is 1.60. The molecule has 0 bridgehead atoms. The van der Waals surface area contributed by atoms with E-state index in [4.69, 9.17) is 0 Å². The van der Waals surface area contributed by atoms with Crippen LogP contribution >= 0.6 is 27.7 Å². The molecule has 2 heterocycles. The Hall–Kier alpha value is -1.66. The van der Waals surface area contributed by atoms with E-state index in [0.717, 1.165) is 21.1 Å². The van der Waals surface area contributed by atoms with Crippen molar-refractivity contribution in [2.24, 2.45) is 0 Å². The Morgan fingerprint density at radius 1 is 1.05 bits per heavy atom. The average molecular weight is 347 g/mol. The van der Waals surface area contributed by atoms with Gasteiger partial charge in [0.1, 0.15) is 5.03 Å². The molecule has 4 nitrogen and oxygen atoms in total. The molecule has 3 rings (SSSR count). The first-order chi connectivity index (χ1) is 9.81. The number of hydrogen-bond acceptors (Lipinski definition) is 4. The van der Waals surface area contributed by atoms with Crippen LogP contribution in [-0.2, 0) is 5.75 Å². The molecule has 100 valence electrons. The van der Waals surface area contributed by atoms with Crippen LogP contribution in [0.1, 0.15) is 5.56 Å². The molecule has 0 radical (unpaired) electrons. The molecule has 0 saturated heterocycles. The monoisotopic (exact) mass is 346 g/mol. The lowest BCUT2D eigenvalue weighted by atomic mass is 10.2. The average Bonchev–Trinajstić information content (AvgIpc) is 3.01. The molecule has 0 N–H and O–H groups in total. The highest BCUT2D eigenvalue weighted by Gasteiger charge is 2.01. The topological polar surface area (TPSA) is 43.6 Å². The fourth-order valence-corrected chi connectivity index (χ4v) is 2.69. The van der Waals surface area contributed by atoms with Crippen LogP contribution in [0.25, 0.3) is 5.82 Å². The number of halogens is 1. The van der Waals surface area contributed by atoms with Crippen LogP contribution in [0.3, 0.4) is 0 Å². The summed E-state index contributed by atoms with van der Waals surface area (Å²) in [6.45, 7) is 0. The molecule has 0 aliphatic rings. The third-order valence-corrected chi connectivity index (χ3v) is 4.18. The maximum absolute atomic E-state index is 4.21. The number of rotatable bonds is 4. The molecule has 3 aromatic rings. The predicted octanol–water partition coefficient (Wildman–Crippen LogP) is 3.72.